The first-order chi connectivity index (χ1) is 20.9. The van der Waals surface area contributed by atoms with Crippen LogP contribution in [0.15, 0.2) is 36.7 Å². The van der Waals surface area contributed by atoms with E-state index in [1.54, 1.807) is 10.6 Å². The first-order valence-electron chi connectivity index (χ1n) is 15.4. The minimum Gasteiger partial charge on any atom is -0.322 e. The van der Waals surface area contributed by atoms with Gasteiger partial charge in [-0.1, -0.05) is 13.0 Å². The summed E-state index contributed by atoms with van der Waals surface area (Å²) in [5.41, 5.74) is 2.45. The summed E-state index contributed by atoms with van der Waals surface area (Å²) in [6.07, 6.45) is 9.26. The number of anilines is 2. The van der Waals surface area contributed by atoms with Crippen molar-refractivity contribution in [1.29, 1.82) is 0 Å². The van der Waals surface area contributed by atoms with Crippen LogP contribution in [0.5, 0.6) is 0 Å². The van der Waals surface area contributed by atoms with Crippen molar-refractivity contribution in [3.63, 3.8) is 0 Å². The van der Waals surface area contributed by atoms with Gasteiger partial charge in [-0.15, -0.1) is 0 Å². The average molecular weight is 591 g/mol. The first-order valence-corrected chi connectivity index (χ1v) is 15.4. The fourth-order valence-electron chi connectivity index (χ4n) is 7.12. The van der Waals surface area contributed by atoms with Crippen molar-refractivity contribution in [1.82, 2.24) is 34.3 Å². The summed E-state index contributed by atoms with van der Waals surface area (Å²) in [6, 6.07) is 6.35. The smallest absolute Gasteiger partial charge is 0.229 e. The zero-order valence-corrected chi connectivity index (χ0v) is 24.5. The Morgan fingerprint density at radius 2 is 1.70 bits per heavy atom. The van der Waals surface area contributed by atoms with Gasteiger partial charge in [0.25, 0.3) is 0 Å². The number of aryl methyl sites for hydroxylation is 1. The Balaban J connectivity index is 1.02. The van der Waals surface area contributed by atoms with Gasteiger partial charge < -0.3 is 14.8 Å². The zero-order chi connectivity index (χ0) is 29.6. The summed E-state index contributed by atoms with van der Waals surface area (Å²) in [6.45, 7) is 8.38. The molecule has 2 saturated heterocycles. The molecule has 0 bridgehead atoms. The van der Waals surface area contributed by atoms with Gasteiger partial charge in [0.1, 0.15) is 29.5 Å². The number of pyridine rings is 1. The van der Waals surface area contributed by atoms with Crippen molar-refractivity contribution in [2.24, 2.45) is 5.41 Å². The van der Waals surface area contributed by atoms with E-state index in [-0.39, 0.29) is 22.7 Å². The van der Waals surface area contributed by atoms with Crippen molar-refractivity contribution >= 4 is 22.8 Å². The summed E-state index contributed by atoms with van der Waals surface area (Å²) in [7, 11) is 0. The van der Waals surface area contributed by atoms with Gasteiger partial charge in [-0.2, -0.15) is 0 Å². The van der Waals surface area contributed by atoms with Crippen LogP contribution in [-0.4, -0.2) is 73.7 Å². The predicted molar refractivity (Wildman–Crippen MR) is 160 cm³/mol. The highest BCUT2D eigenvalue weighted by Crippen LogP contribution is 2.41. The largest absolute Gasteiger partial charge is 0.322 e. The molecule has 3 aliphatic rings. The third kappa shape index (κ3) is 5.48. The second kappa shape index (κ2) is 11.5. The summed E-state index contributed by atoms with van der Waals surface area (Å²) in [5.74, 6) is 0.0403. The Labute approximate surface area is 249 Å². The van der Waals surface area contributed by atoms with Crippen LogP contribution < -0.4 is 5.32 Å². The highest BCUT2D eigenvalue weighted by molar-refractivity contribution is 5.83. The maximum Gasteiger partial charge on any atom is 0.229 e. The van der Waals surface area contributed by atoms with Crippen molar-refractivity contribution in [3.8, 4) is 11.3 Å². The molecule has 0 saturated carbocycles. The topological polar surface area (TPSA) is 75.0 Å². The van der Waals surface area contributed by atoms with Gasteiger partial charge in [0, 0.05) is 24.7 Å². The number of benzene rings is 1. The molecule has 11 heteroatoms. The number of imidazole rings is 1. The van der Waals surface area contributed by atoms with E-state index in [1.165, 1.54) is 44.8 Å². The third-order valence-corrected chi connectivity index (χ3v) is 9.84. The number of likely N-dealkylation sites (tertiary alicyclic amines) is 2. The molecule has 0 aliphatic carbocycles. The second-order valence-electron chi connectivity index (χ2n) is 12.3. The number of halogens is 3. The summed E-state index contributed by atoms with van der Waals surface area (Å²) < 4.78 is 45.3. The normalized spacial score (nSPS) is 20.6. The van der Waals surface area contributed by atoms with Crippen LogP contribution in [0, 0.1) is 17.0 Å². The van der Waals surface area contributed by atoms with Crippen LogP contribution >= 0.6 is 0 Å². The number of fused-ring (bicyclic) bond motifs is 3. The molecule has 1 spiro atoms. The molecule has 43 heavy (non-hydrogen) atoms. The number of alkyl halides is 1. The fourth-order valence-corrected chi connectivity index (χ4v) is 7.12. The molecular formula is C32H37F3N8. The Morgan fingerprint density at radius 3 is 2.40 bits per heavy atom. The molecule has 0 amide bonds. The molecule has 1 aromatic carbocycles. The van der Waals surface area contributed by atoms with Gasteiger partial charge in [-0.05, 0) is 94.0 Å². The standard InChI is InChI=1S/C32H37F3N8/c1-2-41-11-7-32(8-12-41)9-13-42(14-10-32)20-21-3-5-27(36-18-21)38-31-37-19-25(35)29(40-31)22-15-24(34)30-26(16-22)43-23(17-33)4-6-28(43)39-30/h3,5,15-16,18-19,23H,2,4,6-14,17,20H2,1H3,(H,36,37,38,40)/t23-/m0/s1. The monoisotopic (exact) mass is 590 g/mol. The highest BCUT2D eigenvalue weighted by atomic mass is 19.1. The second-order valence-corrected chi connectivity index (χ2v) is 12.3. The van der Waals surface area contributed by atoms with E-state index in [0.717, 1.165) is 37.9 Å². The molecule has 7 rings (SSSR count). The molecule has 6 heterocycles. The molecular weight excluding hydrogens is 553 g/mol. The summed E-state index contributed by atoms with van der Waals surface area (Å²) in [5, 5.41) is 3.05. The lowest BCUT2D eigenvalue weighted by Crippen LogP contribution is -2.46. The van der Waals surface area contributed by atoms with Crippen LogP contribution in [0.2, 0.25) is 0 Å². The van der Waals surface area contributed by atoms with Gasteiger partial charge in [0.15, 0.2) is 11.6 Å². The van der Waals surface area contributed by atoms with Crippen molar-refractivity contribution in [3.05, 3.63) is 59.7 Å². The number of nitrogens with one attached hydrogen (secondary N) is 1. The van der Waals surface area contributed by atoms with Gasteiger partial charge in [0.2, 0.25) is 5.95 Å². The van der Waals surface area contributed by atoms with Gasteiger partial charge in [0.05, 0.1) is 17.8 Å². The van der Waals surface area contributed by atoms with Crippen LogP contribution in [0.1, 0.15) is 56.5 Å². The molecule has 1 N–H and O–H groups in total. The Hall–Kier alpha value is -3.57. The minimum absolute atomic E-state index is 0.0523. The lowest BCUT2D eigenvalue weighted by molar-refractivity contribution is 0.0340. The number of aromatic nitrogens is 5. The van der Waals surface area contributed by atoms with E-state index in [2.05, 4.69) is 42.0 Å². The van der Waals surface area contributed by atoms with Gasteiger partial charge in [-0.3, -0.25) is 4.90 Å². The molecule has 0 unspecified atom stereocenters. The number of nitrogens with zero attached hydrogens (tertiary/aromatic N) is 7. The number of hydrogen-bond acceptors (Lipinski definition) is 7. The average Bonchev–Trinajstić information content (AvgIpc) is 3.61. The molecule has 3 aliphatic heterocycles. The highest BCUT2D eigenvalue weighted by Gasteiger charge is 2.37. The van der Waals surface area contributed by atoms with E-state index in [0.29, 0.717) is 35.4 Å². The van der Waals surface area contributed by atoms with E-state index in [4.69, 9.17) is 0 Å². The van der Waals surface area contributed by atoms with Gasteiger partial charge in [-0.25, -0.2) is 33.1 Å². The van der Waals surface area contributed by atoms with Gasteiger partial charge >= 0.3 is 0 Å². The Morgan fingerprint density at radius 1 is 0.930 bits per heavy atom. The molecule has 4 aromatic rings. The maximum absolute atomic E-state index is 15.1. The van der Waals surface area contributed by atoms with Crippen LogP contribution in [-0.2, 0) is 13.0 Å². The van der Waals surface area contributed by atoms with Crippen molar-refractivity contribution in [2.45, 2.75) is 58.0 Å². The SMILES string of the molecule is CCN1CCC2(CC1)CCN(Cc1ccc(Nc3ncc(F)c(-c4cc(F)c5nc6n(c5c4)[C@H](CF)CC6)n3)nc1)CC2. The quantitative estimate of drug-likeness (QED) is 0.280. The summed E-state index contributed by atoms with van der Waals surface area (Å²) in [4.78, 5) is 22.4. The van der Waals surface area contributed by atoms with Crippen molar-refractivity contribution in [2.75, 3.05) is 44.7 Å². The lowest BCUT2D eigenvalue weighted by Gasteiger charge is -2.46. The van der Waals surface area contributed by atoms with Crippen LogP contribution in [0.3, 0.4) is 0 Å². The van der Waals surface area contributed by atoms with E-state index in [1.807, 2.05) is 18.3 Å². The van der Waals surface area contributed by atoms with Crippen molar-refractivity contribution < 1.29 is 13.2 Å². The molecule has 226 valence electrons. The van der Waals surface area contributed by atoms with E-state index in [9.17, 15) is 8.78 Å². The predicted octanol–water partition coefficient (Wildman–Crippen LogP) is 6.06. The molecule has 3 aromatic heterocycles. The third-order valence-electron chi connectivity index (χ3n) is 9.84. The molecule has 2 fully saturated rings. The van der Waals surface area contributed by atoms with Crippen LogP contribution in [0.25, 0.3) is 22.3 Å². The number of piperidine rings is 2. The molecule has 0 radical (unpaired) electrons. The van der Waals surface area contributed by atoms with Crippen LogP contribution in [0.4, 0.5) is 24.9 Å². The van der Waals surface area contributed by atoms with E-state index >= 15 is 4.39 Å². The Kier molecular flexibility index (Phi) is 7.54. The zero-order valence-electron chi connectivity index (χ0n) is 24.5. The Bertz CT molecular complexity index is 1600. The fraction of sp³-hybridized carbons (Fsp3) is 0.500. The number of rotatable bonds is 7. The maximum atomic E-state index is 15.1. The van der Waals surface area contributed by atoms with E-state index < -0.39 is 24.4 Å². The molecule has 8 nitrogen and oxygen atoms in total. The minimum atomic E-state index is -0.685. The lowest BCUT2D eigenvalue weighted by atomic mass is 9.71. The first kappa shape index (κ1) is 28.2. The number of hydrogen-bond donors (Lipinski definition) is 1. The molecule has 1 atom stereocenters. The summed E-state index contributed by atoms with van der Waals surface area (Å²) >= 11 is 0.